The third kappa shape index (κ3) is 3.89. The number of fused-ring (bicyclic) bond motifs is 18. The van der Waals surface area contributed by atoms with Gasteiger partial charge in [-0.2, -0.15) is 0 Å². The average molecular weight is 713 g/mol. The lowest BCUT2D eigenvalue weighted by atomic mass is 10.00. The largest absolute Gasteiger partial charge is 0.292 e. The number of hydrogen-bond donors (Lipinski definition) is 0. The highest BCUT2D eigenvalue weighted by Gasteiger charge is 2.21. The molecular weight excluding hydrogens is 685 g/mol. The zero-order valence-corrected chi connectivity index (χ0v) is 29.8. The van der Waals surface area contributed by atoms with Gasteiger partial charge in [-0.25, -0.2) is 9.97 Å². The van der Waals surface area contributed by atoms with Crippen molar-refractivity contribution in [3.05, 3.63) is 170 Å². The molecule has 258 valence electrons. The Hall–Kier alpha value is -7.70. The lowest BCUT2D eigenvalue weighted by Gasteiger charge is -2.12. The standard InChI is InChI=1S/C50H28N6/c1-5-19-35-29(13-1)31-15-3-7-21-37(31)49-47(35)51-27-45(53-49)55-41-23-11-9-17-33(41)39-26-44-40(25-43(39)55)34-18-10-12-24-42(34)56(44)46-28-52-48-36-20-6-2-14-30(36)32-16-4-8-22-38(32)50(48)54-46/h1-28H. The Morgan fingerprint density at radius 1 is 0.268 bits per heavy atom. The lowest BCUT2D eigenvalue weighted by molar-refractivity contribution is 1.07. The van der Waals surface area contributed by atoms with Crippen LogP contribution in [-0.2, 0) is 0 Å². The second-order valence-electron chi connectivity index (χ2n) is 14.6. The smallest absolute Gasteiger partial charge is 0.156 e. The third-order valence-electron chi connectivity index (χ3n) is 11.8. The molecular formula is C50H28N6. The Balaban J connectivity index is 1.11. The molecule has 56 heavy (non-hydrogen) atoms. The predicted molar refractivity (Wildman–Crippen MR) is 231 cm³/mol. The van der Waals surface area contributed by atoms with Crippen molar-refractivity contribution >= 4 is 109 Å². The summed E-state index contributed by atoms with van der Waals surface area (Å²) in [4.78, 5) is 21.2. The van der Waals surface area contributed by atoms with Crippen LogP contribution in [0.5, 0.6) is 0 Å². The van der Waals surface area contributed by atoms with E-state index in [2.05, 4.69) is 167 Å². The van der Waals surface area contributed by atoms with E-state index < -0.39 is 0 Å². The second-order valence-corrected chi connectivity index (χ2v) is 14.6. The molecule has 0 spiro atoms. The average Bonchev–Trinajstić information content (AvgIpc) is 3.77. The molecule has 9 aromatic carbocycles. The van der Waals surface area contributed by atoms with Gasteiger partial charge in [-0.15, -0.1) is 0 Å². The lowest BCUT2D eigenvalue weighted by Crippen LogP contribution is -2.01. The van der Waals surface area contributed by atoms with E-state index in [1.807, 2.05) is 12.4 Å². The maximum Gasteiger partial charge on any atom is 0.156 e. The van der Waals surface area contributed by atoms with Crippen molar-refractivity contribution in [1.82, 2.24) is 29.1 Å². The molecule has 0 bridgehead atoms. The predicted octanol–water partition coefficient (Wildman–Crippen LogP) is 12.4. The van der Waals surface area contributed by atoms with Crippen LogP contribution in [0.1, 0.15) is 0 Å². The molecule has 0 amide bonds. The van der Waals surface area contributed by atoms with E-state index in [4.69, 9.17) is 19.9 Å². The van der Waals surface area contributed by atoms with Crippen molar-refractivity contribution in [1.29, 1.82) is 0 Å². The number of para-hydroxylation sites is 2. The summed E-state index contributed by atoms with van der Waals surface area (Å²) in [6, 6.07) is 55.9. The van der Waals surface area contributed by atoms with Crippen LogP contribution in [-0.4, -0.2) is 29.1 Å². The molecule has 4 heterocycles. The minimum absolute atomic E-state index is 0.784. The van der Waals surface area contributed by atoms with E-state index in [1.165, 1.54) is 21.5 Å². The van der Waals surface area contributed by atoms with Gasteiger partial charge in [-0.1, -0.05) is 133 Å². The van der Waals surface area contributed by atoms with E-state index in [-0.39, 0.29) is 0 Å². The maximum absolute atomic E-state index is 5.44. The highest BCUT2D eigenvalue weighted by Crippen LogP contribution is 2.41. The SMILES string of the molecule is c1ccc2c(c1)c1ccccc1c1nc(-n3c4ccccc4c4cc5c(cc43)c3ccccc3n5-c3cnc4c5ccccc5c5ccccc5c4n3)cnc21. The number of benzene rings is 9. The van der Waals surface area contributed by atoms with Crippen LogP contribution >= 0.6 is 0 Å². The maximum atomic E-state index is 5.44. The number of hydrogen-bond acceptors (Lipinski definition) is 4. The van der Waals surface area contributed by atoms with Crippen molar-refractivity contribution in [2.45, 2.75) is 0 Å². The van der Waals surface area contributed by atoms with Crippen LogP contribution < -0.4 is 0 Å². The van der Waals surface area contributed by atoms with Gasteiger partial charge in [0.15, 0.2) is 11.6 Å². The van der Waals surface area contributed by atoms with E-state index in [9.17, 15) is 0 Å². The quantitative estimate of drug-likeness (QED) is 0.167. The molecule has 0 aliphatic carbocycles. The summed E-state index contributed by atoms with van der Waals surface area (Å²) in [5.41, 5.74) is 7.91. The summed E-state index contributed by atoms with van der Waals surface area (Å²) < 4.78 is 4.55. The van der Waals surface area contributed by atoms with Gasteiger partial charge >= 0.3 is 0 Å². The first-order valence-corrected chi connectivity index (χ1v) is 18.9. The minimum atomic E-state index is 0.784. The minimum Gasteiger partial charge on any atom is -0.292 e. The molecule has 6 nitrogen and oxygen atoms in total. The summed E-state index contributed by atoms with van der Waals surface area (Å²) in [7, 11) is 0. The second kappa shape index (κ2) is 10.9. The van der Waals surface area contributed by atoms with Crippen LogP contribution in [0.25, 0.3) is 120 Å². The molecule has 0 saturated carbocycles. The summed E-state index contributed by atoms with van der Waals surface area (Å²) in [5, 5.41) is 13.7. The molecule has 0 radical (unpaired) electrons. The zero-order valence-electron chi connectivity index (χ0n) is 29.8. The topological polar surface area (TPSA) is 61.4 Å². The molecule has 13 rings (SSSR count). The van der Waals surface area contributed by atoms with Crippen molar-refractivity contribution < 1.29 is 0 Å². The fourth-order valence-electron chi connectivity index (χ4n) is 9.37. The molecule has 0 saturated heterocycles. The monoisotopic (exact) mass is 712 g/mol. The fraction of sp³-hybridized carbons (Fsp3) is 0. The van der Waals surface area contributed by atoms with Gasteiger partial charge in [-0.05, 0) is 45.8 Å². The van der Waals surface area contributed by atoms with Crippen LogP contribution in [0, 0.1) is 0 Å². The highest BCUT2D eigenvalue weighted by molar-refractivity contribution is 6.25. The molecule has 0 fully saturated rings. The molecule has 0 N–H and O–H groups in total. The van der Waals surface area contributed by atoms with Crippen LogP contribution in [0.15, 0.2) is 170 Å². The third-order valence-corrected chi connectivity index (χ3v) is 11.8. The Morgan fingerprint density at radius 2 is 0.571 bits per heavy atom. The summed E-state index contributed by atoms with van der Waals surface area (Å²) in [6.07, 6.45) is 3.86. The van der Waals surface area contributed by atoms with Crippen molar-refractivity contribution in [2.24, 2.45) is 0 Å². The fourth-order valence-corrected chi connectivity index (χ4v) is 9.37. The summed E-state index contributed by atoms with van der Waals surface area (Å²) >= 11 is 0. The van der Waals surface area contributed by atoms with Crippen molar-refractivity contribution in [3.63, 3.8) is 0 Å². The van der Waals surface area contributed by atoms with Gasteiger partial charge in [0.05, 0.1) is 56.5 Å². The van der Waals surface area contributed by atoms with E-state index in [1.54, 1.807) is 0 Å². The molecule has 6 heteroatoms. The van der Waals surface area contributed by atoms with Gasteiger partial charge in [-0.3, -0.25) is 19.1 Å². The first-order valence-electron chi connectivity index (χ1n) is 18.9. The normalized spacial score (nSPS) is 12.3. The van der Waals surface area contributed by atoms with E-state index in [0.717, 1.165) is 98.9 Å². The molecule has 0 atom stereocenters. The van der Waals surface area contributed by atoms with Gasteiger partial charge in [0, 0.05) is 43.1 Å². The van der Waals surface area contributed by atoms with Gasteiger partial charge in [0.1, 0.15) is 0 Å². The number of aromatic nitrogens is 6. The van der Waals surface area contributed by atoms with Crippen LogP contribution in [0.3, 0.4) is 0 Å². The first-order chi connectivity index (χ1) is 27.8. The molecule has 0 aliphatic heterocycles. The van der Waals surface area contributed by atoms with Crippen molar-refractivity contribution in [2.75, 3.05) is 0 Å². The Kier molecular flexibility index (Phi) is 5.80. The van der Waals surface area contributed by atoms with Gasteiger partial charge in [0.2, 0.25) is 0 Å². The Labute approximate surface area is 318 Å². The number of nitrogens with zero attached hydrogens (tertiary/aromatic N) is 6. The molecule has 13 aromatic rings. The van der Waals surface area contributed by atoms with E-state index >= 15 is 0 Å². The van der Waals surface area contributed by atoms with Crippen LogP contribution in [0.2, 0.25) is 0 Å². The summed E-state index contributed by atoms with van der Waals surface area (Å²) in [5.74, 6) is 1.57. The molecule has 4 aromatic heterocycles. The van der Waals surface area contributed by atoms with E-state index in [0.29, 0.717) is 0 Å². The van der Waals surface area contributed by atoms with Gasteiger partial charge in [0.25, 0.3) is 0 Å². The first kappa shape index (κ1) is 29.7. The Bertz CT molecular complexity index is 3510. The van der Waals surface area contributed by atoms with Gasteiger partial charge < -0.3 is 0 Å². The Morgan fingerprint density at radius 3 is 0.946 bits per heavy atom. The molecule has 0 unspecified atom stereocenters. The zero-order chi connectivity index (χ0) is 36.5. The molecule has 0 aliphatic rings. The summed E-state index contributed by atoms with van der Waals surface area (Å²) in [6.45, 7) is 0. The van der Waals surface area contributed by atoms with Crippen molar-refractivity contribution in [3.8, 4) is 11.6 Å². The van der Waals surface area contributed by atoms with Crippen LogP contribution in [0.4, 0.5) is 0 Å². The highest BCUT2D eigenvalue weighted by atomic mass is 15.1. The number of rotatable bonds is 2.